The first-order valence-electron chi connectivity index (χ1n) is 9.19. The first-order chi connectivity index (χ1) is 13.6. The van der Waals surface area contributed by atoms with Crippen molar-refractivity contribution in [2.24, 2.45) is 0 Å². The molecule has 0 aromatic heterocycles. The number of hydrogen-bond acceptors (Lipinski definition) is 5. The van der Waals surface area contributed by atoms with E-state index in [1.54, 1.807) is 57.2 Å². The van der Waals surface area contributed by atoms with E-state index in [4.69, 9.17) is 9.47 Å². The molecule has 0 aliphatic heterocycles. The monoisotopic (exact) mass is 417 g/mol. The van der Waals surface area contributed by atoms with E-state index < -0.39 is 29.3 Å². The van der Waals surface area contributed by atoms with Gasteiger partial charge in [0.25, 0.3) is 0 Å². The summed E-state index contributed by atoms with van der Waals surface area (Å²) < 4.78 is 11.9. The van der Waals surface area contributed by atoms with Gasteiger partial charge >= 0.3 is 12.1 Å². The van der Waals surface area contributed by atoms with E-state index >= 15 is 0 Å². The van der Waals surface area contributed by atoms with Crippen molar-refractivity contribution in [2.75, 3.05) is 7.11 Å². The Morgan fingerprint density at radius 3 is 2.00 bits per heavy atom. The second kappa shape index (κ2) is 9.33. The van der Waals surface area contributed by atoms with Crippen LogP contribution in [0.5, 0.6) is 0 Å². The molecule has 7 heteroatoms. The van der Waals surface area contributed by atoms with Gasteiger partial charge in [-0.3, -0.25) is 0 Å². The van der Waals surface area contributed by atoms with Gasteiger partial charge in [0.1, 0.15) is 11.7 Å². The van der Waals surface area contributed by atoms with Crippen molar-refractivity contribution in [3.05, 3.63) is 71.8 Å². The molecule has 1 unspecified atom stereocenters. The zero-order valence-electron chi connectivity index (χ0n) is 17.0. The summed E-state index contributed by atoms with van der Waals surface area (Å²) in [6.07, 6.45) is -1.89. The number of carbonyl (C=O) groups is 2. The van der Waals surface area contributed by atoms with E-state index in [0.29, 0.717) is 5.56 Å². The van der Waals surface area contributed by atoms with E-state index in [1.165, 1.54) is 7.11 Å². The molecule has 2 aromatic rings. The normalized spacial score (nSPS) is 14.5. The molecule has 0 fully saturated rings. The highest BCUT2D eigenvalue weighted by atomic mass is 32.1. The molecule has 2 aromatic carbocycles. The number of methoxy groups -OCH3 is 1. The third-order valence-corrected chi connectivity index (χ3v) is 4.92. The predicted molar refractivity (Wildman–Crippen MR) is 114 cm³/mol. The number of carboxylic acids is 1. The summed E-state index contributed by atoms with van der Waals surface area (Å²) in [7, 11) is 1.41. The SMILES string of the molecule is COC(c1ccccc1)[C@](Cc1ccccc1)(C(=O)O)N(S)C(=O)OC(C)(C)C. The number of carbonyl (C=O) groups excluding carboxylic acids is 1. The van der Waals surface area contributed by atoms with Crippen molar-refractivity contribution in [1.82, 2.24) is 4.31 Å². The third kappa shape index (κ3) is 5.31. The van der Waals surface area contributed by atoms with E-state index in [-0.39, 0.29) is 6.42 Å². The van der Waals surface area contributed by atoms with E-state index in [1.807, 2.05) is 24.3 Å². The summed E-state index contributed by atoms with van der Waals surface area (Å²) in [4.78, 5) is 25.6. The number of aliphatic carboxylic acids is 1. The second-order valence-electron chi connectivity index (χ2n) is 7.71. The standard InChI is InChI=1S/C22H27NO5S/c1-21(2,3)28-20(26)23(29)22(19(24)25,15-16-11-7-5-8-12-16)18(27-4)17-13-9-6-10-14-17/h5-14,18,29H,15H2,1-4H3,(H,24,25)/t18?,22-/m1/s1. The van der Waals surface area contributed by atoms with Gasteiger partial charge < -0.3 is 14.6 Å². The molecule has 1 amide bonds. The van der Waals surface area contributed by atoms with E-state index in [0.717, 1.165) is 9.87 Å². The van der Waals surface area contributed by atoms with Crippen LogP contribution in [0.1, 0.15) is 38.0 Å². The maximum Gasteiger partial charge on any atom is 0.421 e. The molecular weight excluding hydrogens is 390 g/mol. The lowest BCUT2D eigenvalue weighted by atomic mass is 9.81. The smallest absolute Gasteiger partial charge is 0.421 e. The first kappa shape index (κ1) is 22.8. The molecule has 0 saturated heterocycles. The zero-order valence-corrected chi connectivity index (χ0v) is 17.9. The predicted octanol–water partition coefficient (Wildman–Crippen LogP) is 4.52. The van der Waals surface area contributed by atoms with Crippen LogP contribution in [0.25, 0.3) is 0 Å². The fourth-order valence-corrected chi connectivity index (χ4v) is 3.47. The third-order valence-electron chi connectivity index (χ3n) is 4.40. The largest absolute Gasteiger partial charge is 0.479 e. The van der Waals surface area contributed by atoms with Crippen LogP contribution in [0.3, 0.4) is 0 Å². The highest BCUT2D eigenvalue weighted by Crippen LogP contribution is 2.39. The van der Waals surface area contributed by atoms with Crippen LogP contribution in [0.2, 0.25) is 0 Å². The van der Waals surface area contributed by atoms with E-state index in [9.17, 15) is 14.7 Å². The van der Waals surface area contributed by atoms with Crippen LogP contribution in [0.15, 0.2) is 60.7 Å². The number of carboxylic acid groups (broad SMARTS) is 1. The minimum Gasteiger partial charge on any atom is -0.479 e. The number of benzene rings is 2. The van der Waals surface area contributed by atoms with Gasteiger partial charge in [-0.05, 0) is 31.9 Å². The van der Waals surface area contributed by atoms with Gasteiger partial charge in [0, 0.05) is 13.5 Å². The highest BCUT2D eigenvalue weighted by molar-refractivity contribution is 7.78. The fraction of sp³-hybridized carbons (Fsp3) is 0.364. The summed E-state index contributed by atoms with van der Waals surface area (Å²) in [5.74, 6) is -1.25. The number of amides is 1. The Morgan fingerprint density at radius 1 is 1.03 bits per heavy atom. The maximum absolute atomic E-state index is 12.9. The van der Waals surface area contributed by atoms with Crippen LogP contribution in [0.4, 0.5) is 4.79 Å². The molecule has 0 spiro atoms. The van der Waals surface area contributed by atoms with Gasteiger partial charge in [-0.2, -0.15) is 0 Å². The van der Waals surface area contributed by atoms with Crippen LogP contribution in [-0.4, -0.2) is 39.7 Å². The minimum atomic E-state index is -1.86. The minimum absolute atomic E-state index is 0.0285. The summed E-state index contributed by atoms with van der Waals surface area (Å²) >= 11 is 4.33. The van der Waals surface area contributed by atoms with Crippen molar-refractivity contribution in [3.63, 3.8) is 0 Å². The van der Waals surface area contributed by atoms with Gasteiger partial charge in [-0.1, -0.05) is 73.5 Å². The average Bonchev–Trinajstić information content (AvgIpc) is 2.67. The Balaban J connectivity index is 2.63. The molecule has 6 nitrogen and oxygen atoms in total. The number of ether oxygens (including phenoxy) is 2. The number of hydrogen-bond donors (Lipinski definition) is 2. The lowest BCUT2D eigenvalue weighted by Gasteiger charge is -2.42. The molecule has 0 saturated carbocycles. The van der Waals surface area contributed by atoms with Crippen LogP contribution in [-0.2, 0) is 20.7 Å². The topological polar surface area (TPSA) is 76.1 Å². The Labute approximate surface area is 177 Å². The molecular formula is C22H27NO5S. The average molecular weight is 418 g/mol. The van der Waals surface area contributed by atoms with E-state index in [2.05, 4.69) is 12.8 Å². The van der Waals surface area contributed by atoms with Gasteiger partial charge in [-0.15, -0.1) is 0 Å². The van der Waals surface area contributed by atoms with Gasteiger partial charge in [0.15, 0.2) is 5.54 Å². The van der Waals surface area contributed by atoms with Crippen LogP contribution < -0.4 is 0 Å². The van der Waals surface area contributed by atoms with Crippen molar-refractivity contribution >= 4 is 24.9 Å². The molecule has 0 aliphatic carbocycles. The van der Waals surface area contributed by atoms with Gasteiger partial charge in [0.2, 0.25) is 0 Å². The molecule has 29 heavy (non-hydrogen) atoms. The van der Waals surface area contributed by atoms with Gasteiger partial charge in [-0.25, -0.2) is 13.9 Å². The molecule has 1 N–H and O–H groups in total. The Kier molecular flexibility index (Phi) is 7.32. The second-order valence-corrected chi connectivity index (χ2v) is 8.11. The number of nitrogens with zero attached hydrogens (tertiary/aromatic N) is 1. The van der Waals surface area contributed by atoms with Gasteiger partial charge in [0.05, 0.1) is 0 Å². The Morgan fingerprint density at radius 2 is 1.55 bits per heavy atom. The molecule has 0 bridgehead atoms. The summed E-state index contributed by atoms with van der Waals surface area (Å²) in [6.45, 7) is 5.12. The summed E-state index contributed by atoms with van der Waals surface area (Å²) in [5.41, 5.74) is -1.35. The molecule has 0 radical (unpaired) electrons. The van der Waals surface area contributed by atoms with Crippen LogP contribution in [0, 0.1) is 0 Å². The number of thiol groups is 1. The van der Waals surface area contributed by atoms with Crippen molar-refractivity contribution in [2.45, 2.75) is 44.4 Å². The molecule has 0 aliphatic rings. The summed E-state index contributed by atoms with van der Waals surface area (Å²) in [6, 6.07) is 18.0. The zero-order chi connectivity index (χ0) is 21.7. The summed E-state index contributed by atoms with van der Waals surface area (Å²) in [5, 5.41) is 10.4. The Hall–Kier alpha value is -2.51. The molecule has 2 rings (SSSR count). The molecule has 2 atom stereocenters. The van der Waals surface area contributed by atoms with Crippen molar-refractivity contribution < 1.29 is 24.2 Å². The maximum atomic E-state index is 12.9. The van der Waals surface area contributed by atoms with Crippen LogP contribution >= 0.6 is 12.8 Å². The quantitative estimate of drug-likeness (QED) is 0.648. The Bertz CT molecular complexity index is 822. The molecule has 0 heterocycles. The molecule has 156 valence electrons. The lowest BCUT2D eigenvalue weighted by Crippen LogP contribution is -2.59. The van der Waals surface area contributed by atoms with Crippen molar-refractivity contribution in [1.29, 1.82) is 0 Å². The first-order valence-corrected chi connectivity index (χ1v) is 9.59. The van der Waals surface area contributed by atoms with Crippen molar-refractivity contribution in [3.8, 4) is 0 Å². The lowest BCUT2D eigenvalue weighted by molar-refractivity contribution is -0.157. The fourth-order valence-electron chi connectivity index (χ4n) is 3.17. The highest BCUT2D eigenvalue weighted by Gasteiger charge is 2.54. The number of rotatable bonds is 7.